The third-order valence-corrected chi connectivity index (χ3v) is 4.28. The van der Waals surface area contributed by atoms with E-state index in [4.69, 9.17) is 23.2 Å². The Morgan fingerprint density at radius 2 is 1.94 bits per heavy atom. The van der Waals surface area contributed by atoms with Gasteiger partial charge in [0.25, 0.3) is 0 Å². The van der Waals surface area contributed by atoms with Gasteiger partial charge in [-0.2, -0.15) is 0 Å². The van der Waals surface area contributed by atoms with E-state index in [1.54, 1.807) is 0 Å². The molecule has 0 aliphatic carbocycles. The fraction of sp³-hybridized carbons (Fsp3) is 0.231. The van der Waals surface area contributed by atoms with Crippen molar-refractivity contribution in [3.8, 4) is 11.4 Å². The highest BCUT2D eigenvalue weighted by Gasteiger charge is 2.10. The van der Waals surface area contributed by atoms with Crippen LogP contribution in [0.25, 0.3) is 11.4 Å². The molecule has 0 saturated carbocycles. The van der Waals surface area contributed by atoms with Crippen molar-refractivity contribution in [2.75, 3.05) is 0 Å². The maximum absolute atomic E-state index is 6.13. The summed E-state index contributed by atoms with van der Waals surface area (Å²) in [6.45, 7) is 3.98. The molecule has 1 aromatic heterocycles. The quantitative estimate of drug-likeness (QED) is 0.709. The summed E-state index contributed by atoms with van der Waals surface area (Å²) >= 11 is 15.5. The standard InChI is InChI=1S/C13H11BrCl2N2/c1-3-11-7(2)12(16)18-13(17-11)8-4-5-10(15)9(14)6-8/h4-6H,3H2,1-2H3. The zero-order valence-electron chi connectivity index (χ0n) is 9.97. The second-order valence-electron chi connectivity index (χ2n) is 3.89. The Labute approximate surface area is 124 Å². The largest absolute Gasteiger partial charge is 0.233 e. The van der Waals surface area contributed by atoms with Gasteiger partial charge in [-0.05, 0) is 47.5 Å². The molecule has 0 spiro atoms. The molecule has 18 heavy (non-hydrogen) atoms. The molecule has 0 radical (unpaired) electrons. The second-order valence-corrected chi connectivity index (χ2v) is 5.51. The first-order valence-corrected chi connectivity index (χ1v) is 7.06. The van der Waals surface area contributed by atoms with E-state index < -0.39 is 0 Å². The van der Waals surface area contributed by atoms with Crippen LogP contribution >= 0.6 is 39.1 Å². The minimum atomic E-state index is 0.503. The van der Waals surface area contributed by atoms with Crippen molar-refractivity contribution < 1.29 is 0 Å². The summed E-state index contributed by atoms with van der Waals surface area (Å²) in [6, 6.07) is 5.58. The number of rotatable bonds is 2. The van der Waals surface area contributed by atoms with Gasteiger partial charge in [0, 0.05) is 21.3 Å². The molecular formula is C13H11BrCl2N2. The Morgan fingerprint density at radius 1 is 1.22 bits per heavy atom. The summed E-state index contributed by atoms with van der Waals surface area (Å²) in [5.41, 5.74) is 2.80. The van der Waals surface area contributed by atoms with Crippen LogP contribution in [-0.2, 0) is 6.42 Å². The maximum Gasteiger partial charge on any atom is 0.161 e. The van der Waals surface area contributed by atoms with Gasteiger partial charge in [0.2, 0.25) is 0 Å². The molecular weight excluding hydrogens is 335 g/mol. The molecule has 94 valence electrons. The number of aryl methyl sites for hydroxylation is 1. The molecule has 0 amide bonds. The molecule has 0 bridgehead atoms. The Bertz CT molecular complexity index is 600. The minimum absolute atomic E-state index is 0.503. The van der Waals surface area contributed by atoms with Crippen molar-refractivity contribution in [2.45, 2.75) is 20.3 Å². The zero-order valence-corrected chi connectivity index (χ0v) is 13.1. The van der Waals surface area contributed by atoms with Crippen LogP contribution in [0.4, 0.5) is 0 Å². The zero-order chi connectivity index (χ0) is 13.3. The topological polar surface area (TPSA) is 25.8 Å². The number of nitrogens with zero attached hydrogens (tertiary/aromatic N) is 2. The van der Waals surface area contributed by atoms with Gasteiger partial charge in [-0.15, -0.1) is 0 Å². The molecule has 0 saturated heterocycles. The lowest BCUT2D eigenvalue weighted by molar-refractivity contribution is 0.976. The first kappa shape index (κ1) is 13.8. The lowest BCUT2D eigenvalue weighted by atomic mass is 10.1. The molecule has 2 aromatic rings. The van der Waals surface area contributed by atoms with E-state index in [-0.39, 0.29) is 0 Å². The van der Waals surface area contributed by atoms with Crippen molar-refractivity contribution in [1.82, 2.24) is 9.97 Å². The summed E-state index contributed by atoms with van der Waals surface area (Å²) in [5, 5.41) is 1.16. The Kier molecular flexibility index (Phi) is 4.25. The van der Waals surface area contributed by atoms with E-state index >= 15 is 0 Å². The molecule has 5 heteroatoms. The van der Waals surface area contributed by atoms with Crippen molar-refractivity contribution >= 4 is 39.1 Å². The van der Waals surface area contributed by atoms with E-state index in [2.05, 4.69) is 25.9 Å². The second kappa shape index (κ2) is 5.55. The van der Waals surface area contributed by atoms with Crippen molar-refractivity contribution in [2.24, 2.45) is 0 Å². The number of aromatic nitrogens is 2. The van der Waals surface area contributed by atoms with Crippen LogP contribution in [-0.4, -0.2) is 9.97 Å². The molecule has 0 fully saturated rings. The first-order valence-electron chi connectivity index (χ1n) is 5.51. The van der Waals surface area contributed by atoms with Crippen LogP contribution in [0.2, 0.25) is 10.2 Å². The van der Waals surface area contributed by atoms with E-state index in [1.165, 1.54) is 0 Å². The van der Waals surface area contributed by atoms with Gasteiger partial charge >= 0.3 is 0 Å². The molecule has 1 heterocycles. The highest BCUT2D eigenvalue weighted by atomic mass is 79.9. The summed E-state index contributed by atoms with van der Waals surface area (Å²) in [5.74, 6) is 0.625. The van der Waals surface area contributed by atoms with Crippen LogP contribution < -0.4 is 0 Å². The normalized spacial score (nSPS) is 10.7. The van der Waals surface area contributed by atoms with Gasteiger partial charge in [-0.25, -0.2) is 9.97 Å². The van der Waals surface area contributed by atoms with E-state index in [0.717, 1.165) is 27.7 Å². The first-order chi connectivity index (χ1) is 8.52. The average molecular weight is 346 g/mol. The summed E-state index contributed by atoms with van der Waals surface area (Å²) in [4.78, 5) is 8.85. The summed E-state index contributed by atoms with van der Waals surface area (Å²) in [7, 11) is 0. The Hall–Kier alpha value is -0.640. The van der Waals surface area contributed by atoms with Crippen LogP contribution in [0.1, 0.15) is 18.2 Å². The fourth-order valence-electron chi connectivity index (χ4n) is 1.64. The number of halogens is 3. The molecule has 0 atom stereocenters. The van der Waals surface area contributed by atoms with Gasteiger partial charge in [0.1, 0.15) is 5.15 Å². The number of hydrogen-bond acceptors (Lipinski definition) is 2. The predicted molar refractivity (Wildman–Crippen MR) is 79.3 cm³/mol. The van der Waals surface area contributed by atoms with Crippen molar-refractivity contribution in [3.05, 3.63) is 44.1 Å². The SMILES string of the molecule is CCc1nc(-c2ccc(Cl)c(Br)c2)nc(Cl)c1C. The molecule has 2 rings (SSSR count). The van der Waals surface area contributed by atoms with Crippen LogP contribution in [0.5, 0.6) is 0 Å². The third-order valence-electron chi connectivity index (χ3n) is 2.70. The summed E-state index contributed by atoms with van der Waals surface area (Å²) in [6.07, 6.45) is 0.829. The minimum Gasteiger partial charge on any atom is -0.233 e. The summed E-state index contributed by atoms with van der Waals surface area (Å²) < 4.78 is 0.819. The van der Waals surface area contributed by atoms with Crippen LogP contribution in [0.15, 0.2) is 22.7 Å². The van der Waals surface area contributed by atoms with Gasteiger partial charge in [-0.3, -0.25) is 0 Å². The van der Waals surface area contributed by atoms with Gasteiger partial charge in [-0.1, -0.05) is 30.1 Å². The van der Waals surface area contributed by atoms with E-state index in [9.17, 15) is 0 Å². The Morgan fingerprint density at radius 3 is 2.56 bits per heavy atom. The monoisotopic (exact) mass is 344 g/mol. The molecule has 1 aromatic carbocycles. The van der Waals surface area contributed by atoms with Crippen LogP contribution in [0.3, 0.4) is 0 Å². The number of hydrogen-bond donors (Lipinski definition) is 0. The van der Waals surface area contributed by atoms with Gasteiger partial charge in [0.15, 0.2) is 5.82 Å². The highest BCUT2D eigenvalue weighted by molar-refractivity contribution is 9.10. The van der Waals surface area contributed by atoms with E-state index in [1.807, 2.05) is 32.0 Å². The van der Waals surface area contributed by atoms with Gasteiger partial charge < -0.3 is 0 Å². The van der Waals surface area contributed by atoms with Crippen molar-refractivity contribution in [3.63, 3.8) is 0 Å². The number of benzene rings is 1. The average Bonchev–Trinajstić information content (AvgIpc) is 2.36. The third kappa shape index (κ3) is 2.68. The molecule has 2 nitrogen and oxygen atoms in total. The van der Waals surface area contributed by atoms with Crippen molar-refractivity contribution in [1.29, 1.82) is 0 Å². The van der Waals surface area contributed by atoms with Crippen LogP contribution in [0, 0.1) is 6.92 Å². The highest BCUT2D eigenvalue weighted by Crippen LogP contribution is 2.28. The Balaban J connectivity index is 2.57. The van der Waals surface area contributed by atoms with Gasteiger partial charge in [0.05, 0.1) is 5.02 Å². The molecule has 0 N–H and O–H groups in total. The molecule has 0 unspecified atom stereocenters. The smallest absolute Gasteiger partial charge is 0.161 e. The lowest BCUT2D eigenvalue weighted by Gasteiger charge is -2.08. The maximum atomic E-state index is 6.13. The van der Waals surface area contributed by atoms with E-state index in [0.29, 0.717) is 16.0 Å². The predicted octanol–water partition coefficient (Wildman–Crippen LogP) is 5.08. The molecule has 0 aliphatic rings. The lowest BCUT2D eigenvalue weighted by Crippen LogP contribution is -1.99. The fourth-order valence-corrected chi connectivity index (χ4v) is 2.33. The molecule has 0 aliphatic heterocycles.